The van der Waals surface area contributed by atoms with E-state index in [2.05, 4.69) is 59.2 Å². The highest BCUT2D eigenvalue weighted by molar-refractivity contribution is 7.15. The lowest BCUT2D eigenvalue weighted by Crippen LogP contribution is -2.43. The quantitative estimate of drug-likeness (QED) is 0.0739. The van der Waals surface area contributed by atoms with Gasteiger partial charge in [-0.1, -0.05) is 184 Å². The van der Waals surface area contributed by atoms with Crippen molar-refractivity contribution in [2.45, 2.75) is 64.7 Å². The van der Waals surface area contributed by atoms with E-state index < -0.39 is 12.1 Å². The fourth-order valence-electron chi connectivity index (χ4n) is 8.31. The highest BCUT2D eigenvalue weighted by Gasteiger charge is 2.30. The smallest absolute Gasteiger partial charge is 0.250 e. The molecule has 354 valence electrons. The largest absolute Gasteiger partial charge is 0.340 e. The minimum atomic E-state index is -0.824. The van der Waals surface area contributed by atoms with Crippen LogP contribution in [0, 0.1) is 0 Å². The first-order chi connectivity index (χ1) is 34.2. The van der Waals surface area contributed by atoms with Crippen LogP contribution in [0.25, 0.3) is 32.0 Å². The molecule has 2 atom stereocenters. The van der Waals surface area contributed by atoms with E-state index in [0.717, 1.165) is 77.1 Å². The average molecular weight is 965 g/mol. The summed E-state index contributed by atoms with van der Waals surface area (Å²) in [6.07, 6.45) is 5.60. The third kappa shape index (κ3) is 13.0. The van der Waals surface area contributed by atoms with Crippen LogP contribution in [0.3, 0.4) is 0 Å². The number of nitrogens with one attached hydrogen (secondary N) is 2. The van der Waals surface area contributed by atoms with Crippen molar-refractivity contribution in [3.8, 4) is 32.0 Å². The Labute approximate surface area is 418 Å². The Hall–Kier alpha value is -7.54. The molecule has 0 aliphatic rings. The first-order valence-corrected chi connectivity index (χ1v) is 25.3. The summed E-state index contributed by atoms with van der Waals surface area (Å²) in [6, 6.07) is 53.1. The van der Waals surface area contributed by atoms with Crippen LogP contribution in [0.2, 0.25) is 0 Å². The van der Waals surface area contributed by atoms with Gasteiger partial charge in [-0.05, 0) is 57.3 Å². The second-order valence-corrected chi connectivity index (χ2v) is 19.3. The first-order valence-electron chi connectivity index (χ1n) is 23.7. The molecule has 0 saturated heterocycles. The topological polar surface area (TPSA) is 125 Å². The molecule has 0 fully saturated rings. The van der Waals surface area contributed by atoms with Crippen LogP contribution in [-0.4, -0.2) is 56.5 Å². The molecule has 2 unspecified atom stereocenters. The SMILES string of the molecule is CCCN(Cc1ncc(-c2ccc(-c3ccc(-c4cnc(CN(CCC)C(=O)C(NC(=O)Cc5ccccc5)c5ccccc5)s4)cc3)cc2)s1)C(=O)C(NC(=O)Cc1ccccc1)c1ccccc1. The van der Waals surface area contributed by atoms with Gasteiger partial charge in [-0.2, -0.15) is 0 Å². The van der Waals surface area contributed by atoms with Gasteiger partial charge in [0.15, 0.2) is 0 Å². The summed E-state index contributed by atoms with van der Waals surface area (Å²) in [6.45, 7) is 5.79. The van der Waals surface area contributed by atoms with Gasteiger partial charge in [-0.3, -0.25) is 19.2 Å². The number of carbonyl (C=O) groups excluding carboxylic acids is 4. The van der Waals surface area contributed by atoms with E-state index in [-0.39, 0.29) is 36.5 Å². The van der Waals surface area contributed by atoms with Gasteiger partial charge in [-0.15, -0.1) is 22.7 Å². The number of hydrogen-bond donors (Lipinski definition) is 2. The summed E-state index contributed by atoms with van der Waals surface area (Å²) in [5.41, 5.74) is 7.45. The lowest BCUT2D eigenvalue weighted by molar-refractivity contribution is -0.137. The van der Waals surface area contributed by atoms with Crippen LogP contribution < -0.4 is 10.6 Å². The molecule has 2 heterocycles. The van der Waals surface area contributed by atoms with Crippen molar-refractivity contribution in [3.63, 3.8) is 0 Å². The zero-order valence-corrected chi connectivity index (χ0v) is 41.0. The van der Waals surface area contributed by atoms with Crippen molar-refractivity contribution in [1.82, 2.24) is 30.4 Å². The Morgan fingerprint density at radius 1 is 0.457 bits per heavy atom. The predicted octanol–water partition coefficient (Wildman–Crippen LogP) is 11.3. The molecular formula is C58H56N6O4S2. The van der Waals surface area contributed by atoms with Gasteiger partial charge >= 0.3 is 0 Å². The summed E-state index contributed by atoms with van der Waals surface area (Å²) in [4.78, 5) is 70.1. The zero-order chi connectivity index (χ0) is 48.7. The molecule has 0 spiro atoms. The van der Waals surface area contributed by atoms with E-state index in [1.54, 1.807) is 32.5 Å². The normalized spacial score (nSPS) is 11.9. The molecule has 0 radical (unpaired) electrons. The van der Waals surface area contributed by atoms with Gasteiger partial charge in [-0.25, -0.2) is 9.97 Å². The Morgan fingerprint density at radius 3 is 1.13 bits per heavy atom. The second kappa shape index (κ2) is 24.1. The van der Waals surface area contributed by atoms with Crippen LogP contribution in [0.4, 0.5) is 0 Å². The summed E-state index contributed by atoms with van der Waals surface area (Å²) < 4.78 is 0. The maximum atomic E-state index is 14.3. The minimum Gasteiger partial charge on any atom is -0.340 e. The number of thiazole rings is 2. The van der Waals surface area contributed by atoms with Gasteiger partial charge in [0, 0.05) is 25.5 Å². The van der Waals surface area contributed by atoms with Crippen LogP contribution in [-0.2, 0) is 45.1 Å². The highest BCUT2D eigenvalue weighted by atomic mass is 32.1. The monoisotopic (exact) mass is 964 g/mol. The standard InChI is InChI=1S/C58H56N6O4S2/c1-3-33-63(57(67)55(47-21-13-7-14-22-47)61-51(65)35-41-17-9-5-10-18-41)39-53-59-37-49(69-53)45-29-25-43(26-30-45)44-27-31-46(32-28-44)50-38-60-54(70-50)40-64(34-4-2)58(68)56(48-23-15-8-16-24-48)62-52(66)36-42-19-11-6-12-20-42/h5-32,37-38,55-56H,3-4,33-36,39-40H2,1-2H3,(H,61,65)(H,62,66). The van der Waals surface area contributed by atoms with Crippen molar-refractivity contribution < 1.29 is 19.2 Å². The molecule has 6 aromatic carbocycles. The molecular weight excluding hydrogens is 909 g/mol. The highest BCUT2D eigenvalue weighted by Crippen LogP contribution is 2.33. The summed E-state index contributed by atoms with van der Waals surface area (Å²) in [7, 11) is 0. The van der Waals surface area contributed by atoms with Crippen LogP contribution >= 0.6 is 22.7 Å². The predicted molar refractivity (Wildman–Crippen MR) is 280 cm³/mol. The number of benzene rings is 6. The van der Waals surface area contributed by atoms with Crippen molar-refractivity contribution in [2.24, 2.45) is 0 Å². The third-order valence-electron chi connectivity index (χ3n) is 11.8. The Morgan fingerprint density at radius 2 is 0.786 bits per heavy atom. The van der Waals surface area contributed by atoms with Gasteiger partial charge < -0.3 is 20.4 Å². The number of aromatic nitrogens is 2. The average Bonchev–Trinajstić information content (AvgIpc) is 4.08. The molecule has 0 aliphatic carbocycles. The van der Waals surface area contributed by atoms with Crippen molar-refractivity contribution in [2.75, 3.05) is 13.1 Å². The Kier molecular flexibility index (Phi) is 16.9. The molecule has 0 saturated carbocycles. The molecule has 4 amide bonds. The lowest BCUT2D eigenvalue weighted by Gasteiger charge is -2.27. The Bertz CT molecular complexity index is 2740. The Balaban J connectivity index is 0.900. The van der Waals surface area contributed by atoms with Gasteiger partial charge in [0.25, 0.3) is 0 Å². The molecule has 0 bridgehead atoms. The van der Waals surface area contributed by atoms with Crippen LogP contribution in [0.15, 0.2) is 182 Å². The zero-order valence-electron chi connectivity index (χ0n) is 39.4. The number of carbonyl (C=O) groups is 4. The molecule has 2 N–H and O–H groups in total. The summed E-state index contributed by atoms with van der Waals surface area (Å²) >= 11 is 3.12. The number of hydrogen-bond acceptors (Lipinski definition) is 8. The van der Waals surface area contributed by atoms with E-state index in [9.17, 15) is 19.2 Å². The van der Waals surface area contributed by atoms with E-state index in [0.29, 0.717) is 26.2 Å². The molecule has 0 aliphatic heterocycles. The van der Waals surface area contributed by atoms with Crippen molar-refractivity contribution >= 4 is 46.3 Å². The van der Waals surface area contributed by atoms with E-state index in [4.69, 9.17) is 9.97 Å². The van der Waals surface area contributed by atoms with Crippen LogP contribution in [0.1, 0.15) is 71.0 Å². The van der Waals surface area contributed by atoms with E-state index in [1.807, 2.05) is 148 Å². The molecule has 8 aromatic rings. The number of nitrogens with zero attached hydrogens (tertiary/aromatic N) is 4. The minimum absolute atomic E-state index is 0.168. The maximum absolute atomic E-state index is 14.3. The molecule has 10 nitrogen and oxygen atoms in total. The van der Waals surface area contributed by atoms with Gasteiger partial charge in [0.2, 0.25) is 23.6 Å². The van der Waals surface area contributed by atoms with Gasteiger partial charge in [0.1, 0.15) is 22.1 Å². The molecule has 2 aromatic heterocycles. The first kappa shape index (κ1) is 48.9. The van der Waals surface area contributed by atoms with Crippen molar-refractivity contribution in [3.05, 3.63) is 215 Å². The number of amides is 4. The van der Waals surface area contributed by atoms with Crippen LogP contribution in [0.5, 0.6) is 0 Å². The van der Waals surface area contributed by atoms with Gasteiger partial charge in [0.05, 0.1) is 35.7 Å². The summed E-state index contributed by atoms with van der Waals surface area (Å²) in [5.74, 6) is -0.766. The van der Waals surface area contributed by atoms with Crippen molar-refractivity contribution in [1.29, 1.82) is 0 Å². The molecule has 70 heavy (non-hydrogen) atoms. The lowest BCUT2D eigenvalue weighted by atomic mass is 10.0. The van der Waals surface area contributed by atoms with E-state index >= 15 is 0 Å². The molecule has 8 rings (SSSR count). The maximum Gasteiger partial charge on any atom is 0.250 e. The fraction of sp³-hybridized carbons (Fsp3) is 0.207. The molecule has 12 heteroatoms. The van der Waals surface area contributed by atoms with E-state index in [1.165, 1.54) is 0 Å². The third-order valence-corrected chi connectivity index (χ3v) is 13.9. The fourth-order valence-corrected chi connectivity index (χ4v) is 10.2. The second-order valence-electron chi connectivity index (χ2n) is 17.1. The summed E-state index contributed by atoms with van der Waals surface area (Å²) in [5, 5.41) is 7.68. The number of rotatable bonds is 21.